The molecular weight excluding hydrogens is 234 g/mol. The van der Waals surface area contributed by atoms with E-state index in [0.29, 0.717) is 0 Å². The van der Waals surface area contributed by atoms with Crippen LogP contribution in [0.25, 0.3) is 10.4 Å². The summed E-state index contributed by atoms with van der Waals surface area (Å²) in [5, 5.41) is 31.5. The molecule has 2 atom stereocenters. The van der Waals surface area contributed by atoms with Gasteiger partial charge < -0.3 is 15.3 Å². The molecule has 0 radical (unpaired) electrons. The Kier molecular flexibility index (Phi) is 4.39. The first-order valence-corrected chi connectivity index (χ1v) is 4.79. The standard InChI is InChI=1S/C9H10ClN3O3/c10-7-3-5(14)1-2-6(7)9(16)8(15)4-12-13-11/h1-3,8-9,14-16H,4H2. The molecule has 3 N–H and O–H groups in total. The van der Waals surface area contributed by atoms with Crippen molar-refractivity contribution in [3.8, 4) is 5.75 Å². The Morgan fingerprint density at radius 1 is 1.44 bits per heavy atom. The van der Waals surface area contributed by atoms with E-state index in [2.05, 4.69) is 10.0 Å². The van der Waals surface area contributed by atoms with Gasteiger partial charge in [-0.25, -0.2) is 0 Å². The molecule has 0 heterocycles. The van der Waals surface area contributed by atoms with Gasteiger partial charge in [-0.1, -0.05) is 22.8 Å². The van der Waals surface area contributed by atoms with Gasteiger partial charge in [0.15, 0.2) is 0 Å². The number of rotatable bonds is 4. The molecule has 0 aliphatic heterocycles. The number of hydrogen-bond donors (Lipinski definition) is 3. The number of benzene rings is 1. The minimum Gasteiger partial charge on any atom is -0.508 e. The second-order valence-electron chi connectivity index (χ2n) is 3.13. The van der Waals surface area contributed by atoms with E-state index in [4.69, 9.17) is 22.2 Å². The smallest absolute Gasteiger partial charge is 0.117 e. The van der Waals surface area contributed by atoms with Crippen LogP contribution in [-0.4, -0.2) is 28.0 Å². The van der Waals surface area contributed by atoms with E-state index in [1.54, 1.807) is 0 Å². The lowest BCUT2D eigenvalue weighted by atomic mass is 10.0. The van der Waals surface area contributed by atoms with Gasteiger partial charge in [0.2, 0.25) is 0 Å². The SMILES string of the molecule is [N-]=[N+]=NCC(O)C(O)c1ccc(O)cc1Cl. The van der Waals surface area contributed by atoms with E-state index >= 15 is 0 Å². The van der Waals surface area contributed by atoms with Gasteiger partial charge in [-0.2, -0.15) is 0 Å². The highest BCUT2D eigenvalue weighted by molar-refractivity contribution is 6.31. The van der Waals surface area contributed by atoms with Crippen LogP contribution in [0.1, 0.15) is 11.7 Å². The second kappa shape index (κ2) is 5.58. The monoisotopic (exact) mass is 243 g/mol. The number of aliphatic hydroxyl groups is 2. The predicted molar refractivity (Wildman–Crippen MR) is 58.1 cm³/mol. The first-order valence-electron chi connectivity index (χ1n) is 4.41. The number of nitrogens with zero attached hydrogens (tertiary/aromatic N) is 3. The largest absolute Gasteiger partial charge is 0.508 e. The molecule has 0 saturated carbocycles. The third-order valence-corrected chi connectivity index (χ3v) is 2.33. The van der Waals surface area contributed by atoms with Crippen molar-refractivity contribution < 1.29 is 15.3 Å². The number of hydrogen-bond acceptors (Lipinski definition) is 4. The van der Waals surface area contributed by atoms with Crippen molar-refractivity contribution in [1.82, 2.24) is 0 Å². The highest BCUT2D eigenvalue weighted by Gasteiger charge is 2.20. The summed E-state index contributed by atoms with van der Waals surface area (Å²) in [6.45, 7) is -0.255. The van der Waals surface area contributed by atoms with Crippen LogP contribution in [0.3, 0.4) is 0 Å². The van der Waals surface area contributed by atoms with Crippen LogP contribution in [0.5, 0.6) is 5.75 Å². The Labute approximate surface area is 96.3 Å². The number of aliphatic hydroxyl groups excluding tert-OH is 2. The molecule has 1 aromatic carbocycles. The Morgan fingerprint density at radius 3 is 2.69 bits per heavy atom. The molecule has 7 heteroatoms. The molecule has 0 aliphatic carbocycles. The van der Waals surface area contributed by atoms with E-state index < -0.39 is 12.2 Å². The number of phenols is 1. The molecule has 0 fully saturated rings. The molecule has 1 aromatic rings. The summed E-state index contributed by atoms with van der Waals surface area (Å²) < 4.78 is 0. The van der Waals surface area contributed by atoms with Crippen LogP contribution < -0.4 is 0 Å². The minimum absolute atomic E-state index is 0.0366. The van der Waals surface area contributed by atoms with Crippen LogP contribution in [0.4, 0.5) is 0 Å². The predicted octanol–water partition coefficient (Wildman–Crippen LogP) is 1.75. The third kappa shape index (κ3) is 3.01. The molecule has 0 amide bonds. The van der Waals surface area contributed by atoms with Crippen molar-refractivity contribution in [3.63, 3.8) is 0 Å². The van der Waals surface area contributed by atoms with Crippen molar-refractivity contribution in [2.45, 2.75) is 12.2 Å². The fourth-order valence-electron chi connectivity index (χ4n) is 1.18. The summed E-state index contributed by atoms with van der Waals surface area (Å²) in [5.74, 6) is -0.0366. The van der Waals surface area contributed by atoms with E-state index in [1.165, 1.54) is 18.2 Å². The summed E-state index contributed by atoms with van der Waals surface area (Å²) in [5.41, 5.74) is 8.33. The maximum absolute atomic E-state index is 9.69. The molecule has 0 spiro atoms. The summed E-state index contributed by atoms with van der Waals surface area (Å²) in [4.78, 5) is 2.47. The van der Waals surface area contributed by atoms with Crippen LogP contribution in [-0.2, 0) is 0 Å². The summed E-state index contributed by atoms with van der Waals surface area (Å²) in [6, 6.07) is 3.98. The average Bonchev–Trinajstić information content (AvgIpc) is 2.25. The van der Waals surface area contributed by atoms with Gasteiger partial charge >= 0.3 is 0 Å². The highest BCUT2D eigenvalue weighted by Crippen LogP contribution is 2.28. The van der Waals surface area contributed by atoms with Gasteiger partial charge in [0.25, 0.3) is 0 Å². The Hall–Kier alpha value is -1.46. The molecule has 6 nitrogen and oxygen atoms in total. The minimum atomic E-state index is -1.27. The quantitative estimate of drug-likeness (QED) is 0.426. The highest BCUT2D eigenvalue weighted by atomic mass is 35.5. The molecular formula is C9H10ClN3O3. The van der Waals surface area contributed by atoms with E-state index in [0.717, 1.165) is 0 Å². The molecule has 1 rings (SSSR count). The summed E-state index contributed by atoms with van der Waals surface area (Å²) in [7, 11) is 0. The molecule has 0 bridgehead atoms. The lowest BCUT2D eigenvalue weighted by Crippen LogP contribution is -2.21. The lowest BCUT2D eigenvalue weighted by molar-refractivity contribution is 0.0244. The average molecular weight is 244 g/mol. The van der Waals surface area contributed by atoms with Crippen molar-refractivity contribution in [2.24, 2.45) is 5.11 Å². The van der Waals surface area contributed by atoms with E-state index in [1.807, 2.05) is 0 Å². The molecule has 0 aliphatic rings. The van der Waals surface area contributed by atoms with Crippen molar-refractivity contribution in [1.29, 1.82) is 0 Å². The number of aromatic hydroxyl groups is 1. The zero-order valence-electron chi connectivity index (χ0n) is 8.16. The fraction of sp³-hybridized carbons (Fsp3) is 0.333. The molecule has 2 unspecified atom stereocenters. The van der Waals surface area contributed by atoms with Gasteiger partial charge in [-0.3, -0.25) is 0 Å². The van der Waals surface area contributed by atoms with Gasteiger partial charge in [-0.05, 0) is 17.7 Å². The summed E-state index contributed by atoms with van der Waals surface area (Å²) >= 11 is 5.77. The fourth-order valence-corrected chi connectivity index (χ4v) is 1.47. The second-order valence-corrected chi connectivity index (χ2v) is 3.54. The van der Waals surface area contributed by atoms with Crippen molar-refractivity contribution >= 4 is 11.6 Å². The maximum atomic E-state index is 9.69. The van der Waals surface area contributed by atoms with E-state index in [9.17, 15) is 10.2 Å². The first-order chi connectivity index (χ1) is 7.56. The molecule has 86 valence electrons. The zero-order valence-corrected chi connectivity index (χ0v) is 8.91. The Morgan fingerprint density at radius 2 is 2.12 bits per heavy atom. The third-order valence-electron chi connectivity index (χ3n) is 2.00. The molecule has 16 heavy (non-hydrogen) atoms. The zero-order chi connectivity index (χ0) is 12.1. The molecule has 0 aromatic heterocycles. The molecule has 0 saturated heterocycles. The number of azide groups is 1. The van der Waals surface area contributed by atoms with Crippen LogP contribution >= 0.6 is 11.6 Å². The lowest BCUT2D eigenvalue weighted by Gasteiger charge is -2.17. The van der Waals surface area contributed by atoms with Gasteiger partial charge in [0.05, 0.1) is 17.7 Å². The van der Waals surface area contributed by atoms with Crippen LogP contribution in [0.15, 0.2) is 23.3 Å². The Bertz CT molecular complexity index is 420. The van der Waals surface area contributed by atoms with E-state index in [-0.39, 0.29) is 22.9 Å². The normalized spacial score (nSPS) is 13.9. The van der Waals surface area contributed by atoms with Gasteiger partial charge in [0.1, 0.15) is 11.9 Å². The van der Waals surface area contributed by atoms with Crippen LogP contribution in [0, 0.1) is 0 Å². The van der Waals surface area contributed by atoms with Crippen LogP contribution in [0.2, 0.25) is 5.02 Å². The van der Waals surface area contributed by atoms with Gasteiger partial charge in [-0.15, -0.1) is 0 Å². The maximum Gasteiger partial charge on any atom is 0.117 e. The Balaban J connectivity index is 2.86. The topological polar surface area (TPSA) is 109 Å². The first kappa shape index (κ1) is 12.6. The number of halogens is 1. The van der Waals surface area contributed by atoms with Crippen molar-refractivity contribution in [3.05, 3.63) is 39.2 Å². The van der Waals surface area contributed by atoms with Crippen molar-refractivity contribution in [2.75, 3.05) is 6.54 Å². The number of phenolic OH excluding ortho intramolecular Hbond substituents is 1. The summed E-state index contributed by atoms with van der Waals surface area (Å²) in [6.07, 6.45) is -2.50. The van der Waals surface area contributed by atoms with Gasteiger partial charge in [0, 0.05) is 10.5 Å².